The van der Waals surface area contributed by atoms with Crippen molar-refractivity contribution in [2.75, 3.05) is 20.2 Å². The predicted octanol–water partition coefficient (Wildman–Crippen LogP) is 3.15. The lowest BCUT2D eigenvalue weighted by atomic mass is 10.0. The third kappa shape index (κ3) is 3.09. The van der Waals surface area contributed by atoms with Crippen LogP contribution in [0.2, 0.25) is 0 Å². The molecule has 6 nitrogen and oxygen atoms in total. The van der Waals surface area contributed by atoms with Gasteiger partial charge in [0.15, 0.2) is 0 Å². The SMILES string of the molecule is COc1ccc2c(c1)[nH]c1c(=O)n(CCCN3CCCC[C@H]3C)cnc12. The molecule has 1 aliphatic rings. The Labute approximate surface area is 152 Å². The number of likely N-dealkylation sites (tertiary alicyclic amines) is 1. The molecular weight excluding hydrogens is 328 g/mol. The van der Waals surface area contributed by atoms with Gasteiger partial charge in [0, 0.05) is 30.6 Å². The Morgan fingerprint density at radius 2 is 2.19 bits per heavy atom. The molecule has 26 heavy (non-hydrogen) atoms. The number of rotatable bonds is 5. The van der Waals surface area contributed by atoms with Crippen molar-refractivity contribution in [1.82, 2.24) is 19.4 Å². The molecule has 1 aromatic carbocycles. The summed E-state index contributed by atoms with van der Waals surface area (Å²) in [5.74, 6) is 0.764. The number of hydrogen-bond acceptors (Lipinski definition) is 4. The van der Waals surface area contributed by atoms with E-state index in [4.69, 9.17) is 4.74 Å². The number of piperidine rings is 1. The van der Waals surface area contributed by atoms with Gasteiger partial charge in [-0.2, -0.15) is 0 Å². The average Bonchev–Trinajstić information content (AvgIpc) is 3.03. The van der Waals surface area contributed by atoms with E-state index in [1.807, 2.05) is 18.2 Å². The minimum Gasteiger partial charge on any atom is -0.497 e. The van der Waals surface area contributed by atoms with Gasteiger partial charge in [-0.3, -0.25) is 9.36 Å². The van der Waals surface area contributed by atoms with Crippen LogP contribution in [0.15, 0.2) is 29.3 Å². The summed E-state index contributed by atoms with van der Waals surface area (Å²) in [5.41, 5.74) is 2.18. The largest absolute Gasteiger partial charge is 0.497 e. The van der Waals surface area contributed by atoms with E-state index in [-0.39, 0.29) is 5.56 Å². The van der Waals surface area contributed by atoms with Gasteiger partial charge in [0.25, 0.3) is 5.56 Å². The predicted molar refractivity (Wildman–Crippen MR) is 104 cm³/mol. The van der Waals surface area contributed by atoms with E-state index >= 15 is 0 Å². The average molecular weight is 354 g/mol. The van der Waals surface area contributed by atoms with Gasteiger partial charge < -0.3 is 14.6 Å². The first-order valence-electron chi connectivity index (χ1n) is 9.46. The standard InChI is InChI=1S/C20H26N4O2/c1-14-6-3-4-9-23(14)10-5-11-24-13-21-18-16-8-7-15(26-2)12-17(16)22-19(18)20(24)25/h7-8,12-14,22H,3-6,9-11H2,1-2H3/t14-/m1/s1. The quantitative estimate of drug-likeness (QED) is 0.764. The molecule has 1 fully saturated rings. The molecule has 0 spiro atoms. The summed E-state index contributed by atoms with van der Waals surface area (Å²) in [7, 11) is 1.64. The molecule has 138 valence electrons. The third-order valence-electron chi connectivity index (χ3n) is 5.56. The summed E-state index contributed by atoms with van der Waals surface area (Å²) < 4.78 is 6.99. The van der Waals surface area contributed by atoms with Crippen LogP contribution in [0.4, 0.5) is 0 Å². The van der Waals surface area contributed by atoms with E-state index in [0.29, 0.717) is 18.1 Å². The number of nitrogens with one attached hydrogen (secondary N) is 1. The van der Waals surface area contributed by atoms with E-state index in [9.17, 15) is 4.79 Å². The molecule has 1 atom stereocenters. The number of aromatic nitrogens is 3. The number of benzene rings is 1. The summed E-state index contributed by atoms with van der Waals surface area (Å²) in [4.78, 5) is 23.1. The van der Waals surface area contributed by atoms with E-state index in [1.165, 1.54) is 25.8 Å². The molecule has 1 aliphatic heterocycles. The van der Waals surface area contributed by atoms with Crippen LogP contribution in [0.3, 0.4) is 0 Å². The fourth-order valence-electron chi connectivity index (χ4n) is 3.99. The number of ether oxygens (including phenoxy) is 1. The Bertz CT molecular complexity index is 975. The number of aromatic amines is 1. The minimum absolute atomic E-state index is 0.00291. The van der Waals surface area contributed by atoms with E-state index in [1.54, 1.807) is 18.0 Å². The third-order valence-corrected chi connectivity index (χ3v) is 5.56. The molecule has 3 heterocycles. The zero-order valence-corrected chi connectivity index (χ0v) is 15.5. The van der Waals surface area contributed by atoms with Gasteiger partial charge >= 0.3 is 0 Å². The van der Waals surface area contributed by atoms with Crippen LogP contribution in [0.5, 0.6) is 5.75 Å². The fourth-order valence-corrected chi connectivity index (χ4v) is 3.99. The molecule has 3 aromatic rings. The van der Waals surface area contributed by atoms with Crippen molar-refractivity contribution in [2.24, 2.45) is 0 Å². The summed E-state index contributed by atoms with van der Waals surface area (Å²) in [6.07, 6.45) is 6.55. The van der Waals surface area contributed by atoms with Crippen LogP contribution >= 0.6 is 0 Å². The van der Waals surface area contributed by atoms with Gasteiger partial charge in [0.2, 0.25) is 0 Å². The highest BCUT2D eigenvalue weighted by Gasteiger charge is 2.17. The van der Waals surface area contributed by atoms with Crippen molar-refractivity contribution >= 4 is 21.9 Å². The zero-order valence-electron chi connectivity index (χ0n) is 15.5. The highest BCUT2D eigenvalue weighted by atomic mass is 16.5. The van der Waals surface area contributed by atoms with E-state index in [0.717, 1.165) is 35.1 Å². The Morgan fingerprint density at radius 3 is 3.00 bits per heavy atom. The maximum Gasteiger partial charge on any atom is 0.277 e. The number of hydrogen-bond donors (Lipinski definition) is 1. The highest BCUT2D eigenvalue weighted by Crippen LogP contribution is 2.25. The number of fused-ring (bicyclic) bond motifs is 3. The Morgan fingerprint density at radius 1 is 1.31 bits per heavy atom. The lowest BCUT2D eigenvalue weighted by molar-refractivity contribution is 0.156. The monoisotopic (exact) mass is 354 g/mol. The Kier molecular flexibility index (Phi) is 4.68. The molecular formula is C20H26N4O2. The van der Waals surface area contributed by atoms with Crippen molar-refractivity contribution < 1.29 is 4.74 Å². The van der Waals surface area contributed by atoms with Crippen molar-refractivity contribution in [1.29, 1.82) is 0 Å². The Hall–Kier alpha value is -2.34. The van der Waals surface area contributed by atoms with E-state index in [2.05, 4.69) is 21.8 Å². The van der Waals surface area contributed by atoms with Gasteiger partial charge in [-0.25, -0.2) is 4.98 Å². The number of aryl methyl sites for hydroxylation is 1. The molecule has 0 saturated carbocycles. The smallest absolute Gasteiger partial charge is 0.277 e. The molecule has 2 aromatic heterocycles. The number of H-pyrrole nitrogens is 1. The van der Waals surface area contributed by atoms with Crippen LogP contribution < -0.4 is 10.3 Å². The summed E-state index contributed by atoms with van der Waals surface area (Å²) in [5, 5.41) is 0.951. The first-order valence-corrected chi connectivity index (χ1v) is 9.46. The van der Waals surface area contributed by atoms with Crippen LogP contribution in [-0.4, -0.2) is 45.7 Å². The van der Waals surface area contributed by atoms with Crippen molar-refractivity contribution in [3.63, 3.8) is 0 Å². The molecule has 0 amide bonds. The molecule has 1 N–H and O–H groups in total. The summed E-state index contributed by atoms with van der Waals surface area (Å²) in [6.45, 7) is 5.22. The number of nitrogens with zero attached hydrogens (tertiary/aromatic N) is 3. The van der Waals surface area contributed by atoms with Gasteiger partial charge in [0.1, 0.15) is 16.8 Å². The molecule has 1 saturated heterocycles. The second-order valence-corrected chi connectivity index (χ2v) is 7.24. The molecule has 4 rings (SSSR count). The second kappa shape index (κ2) is 7.11. The van der Waals surface area contributed by atoms with Crippen LogP contribution in [0.1, 0.15) is 32.6 Å². The second-order valence-electron chi connectivity index (χ2n) is 7.24. The van der Waals surface area contributed by atoms with Crippen molar-refractivity contribution in [2.45, 2.75) is 45.2 Å². The molecule has 6 heteroatoms. The lowest BCUT2D eigenvalue weighted by Crippen LogP contribution is -2.38. The fraction of sp³-hybridized carbons (Fsp3) is 0.500. The molecule has 0 bridgehead atoms. The minimum atomic E-state index is -0.00291. The normalized spacial score (nSPS) is 18.6. The number of methoxy groups -OCH3 is 1. The zero-order chi connectivity index (χ0) is 18.1. The van der Waals surface area contributed by atoms with Crippen LogP contribution in [0.25, 0.3) is 21.9 Å². The first kappa shape index (κ1) is 17.1. The summed E-state index contributed by atoms with van der Waals surface area (Å²) in [6, 6.07) is 6.40. The van der Waals surface area contributed by atoms with Gasteiger partial charge in [-0.05, 0) is 44.9 Å². The maximum absolute atomic E-state index is 12.8. The van der Waals surface area contributed by atoms with Crippen molar-refractivity contribution in [3.8, 4) is 5.75 Å². The maximum atomic E-state index is 12.8. The van der Waals surface area contributed by atoms with Gasteiger partial charge in [-0.1, -0.05) is 6.42 Å². The molecule has 0 radical (unpaired) electrons. The van der Waals surface area contributed by atoms with Gasteiger partial charge in [0.05, 0.1) is 19.0 Å². The lowest BCUT2D eigenvalue weighted by Gasteiger charge is -2.33. The van der Waals surface area contributed by atoms with Crippen LogP contribution in [0, 0.1) is 0 Å². The Balaban J connectivity index is 1.55. The van der Waals surface area contributed by atoms with Gasteiger partial charge in [-0.15, -0.1) is 0 Å². The molecule has 0 aliphatic carbocycles. The molecule has 0 unspecified atom stereocenters. The van der Waals surface area contributed by atoms with E-state index < -0.39 is 0 Å². The first-order chi connectivity index (χ1) is 12.7. The van der Waals surface area contributed by atoms with Crippen molar-refractivity contribution in [3.05, 3.63) is 34.9 Å². The highest BCUT2D eigenvalue weighted by molar-refractivity contribution is 6.04. The van der Waals surface area contributed by atoms with Crippen LogP contribution in [-0.2, 0) is 6.54 Å². The topological polar surface area (TPSA) is 63.2 Å². The summed E-state index contributed by atoms with van der Waals surface area (Å²) >= 11 is 0.